The summed E-state index contributed by atoms with van der Waals surface area (Å²) in [5.41, 5.74) is 1.25. The fourth-order valence-corrected chi connectivity index (χ4v) is 1.74. The Hall–Kier alpha value is -0.0251. The van der Waals surface area contributed by atoms with Crippen molar-refractivity contribution in [3.8, 4) is 0 Å². The molecule has 64 valence electrons. The van der Waals surface area contributed by atoms with Crippen molar-refractivity contribution in [3.05, 3.63) is 27.2 Å². The molecule has 1 aromatic rings. The second kappa shape index (κ2) is 3.79. The summed E-state index contributed by atoms with van der Waals surface area (Å²) in [5.74, 6) is 0. The highest BCUT2D eigenvalue weighted by Crippen LogP contribution is 2.21. The molecule has 0 radical (unpaired) electrons. The van der Waals surface area contributed by atoms with Gasteiger partial charge in [-0.1, -0.05) is 23.2 Å². The Morgan fingerprint density at radius 2 is 2.00 bits per heavy atom. The zero-order valence-corrected chi connectivity index (χ0v) is 8.72. The van der Waals surface area contributed by atoms with Crippen molar-refractivity contribution in [2.75, 3.05) is 0 Å². The molecule has 0 heterocycles. The number of hydrogen-bond donors (Lipinski definition) is 2. The van der Waals surface area contributed by atoms with E-state index in [9.17, 15) is 0 Å². The van der Waals surface area contributed by atoms with Gasteiger partial charge in [0.1, 0.15) is 0 Å². The van der Waals surface area contributed by atoms with E-state index in [2.05, 4.69) is 15.9 Å². The molecule has 0 bridgehead atoms. The van der Waals surface area contributed by atoms with Crippen molar-refractivity contribution in [3.63, 3.8) is 0 Å². The zero-order chi connectivity index (χ0) is 9.30. The molecule has 0 fully saturated rings. The molecule has 0 atom stereocenters. The lowest BCUT2D eigenvalue weighted by molar-refractivity contribution is 0.426. The lowest BCUT2D eigenvalue weighted by Crippen LogP contribution is -2.31. The van der Waals surface area contributed by atoms with E-state index in [1.165, 1.54) is 0 Å². The first-order valence-electron chi connectivity index (χ1n) is 3.34. The first kappa shape index (κ1) is 10.1. The molecule has 2 nitrogen and oxygen atoms in total. The summed E-state index contributed by atoms with van der Waals surface area (Å²) in [6.07, 6.45) is 0. The van der Waals surface area contributed by atoms with E-state index in [1.807, 2.05) is 13.0 Å². The van der Waals surface area contributed by atoms with Gasteiger partial charge in [-0.05, 0) is 28.9 Å². The summed E-state index contributed by atoms with van der Waals surface area (Å²) in [6.45, 7) is 1.85. The molecule has 0 aromatic heterocycles. The molecule has 0 aliphatic rings. The van der Waals surface area contributed by atoms with Gasteiger partial charge in [-0.3, -0.25) is 0 Å². The molecule has 0 amide bonds. The van der Waals surface area contributed by atoms with Gasteiger partial charge < -0.3 is 10.0 Å². The van der Waals surface area contributed by atoms with Crippen LogP contribution in [-0.2, 0) is 0 Å². The molecule has 1 aromatic carbocycles. The summed E-state index contributed by atoms with van der Waals surface area (Å²) in [6, 6.07) is 3.45. The third kappa shape index (κ3) is 2.01. The predicted octanol–water partition coefficient (Wildman–Crippen LogP) is 1.09. The first-order valence-corrected chi connectivity index (χ1v) is 4.51. The minimum absolute atomic E-state index is 0.323. The van der Waals surface area contributed by atoms with E-state index in [1.54, 1.807) is 6.07 Å². The normalized spacial score (nSPS) is 10.1. The van der Waals surface area contributed by atoms with E-state index in [0.29, 0.717) is 15.0 Å². The summed E-state index contributed by atoms with van der Waals surface area (Å²) < 4.78 is 0.673. The third-order valence-corrected chi connectivity index (χ3v) is 2.75. The van der Waals surface area contributed by atoms with Crippen LogP contribution in [0.4, 0.5) is 0 Å². The molecule has 1 rings (SSSR count). The van der Waals surface area contributed by atoms with Gasteiger partial charge in [0.15, 0.2) is 0 Å². The highest BCUT2D eigenvalue weighted by Gasteiger charge is 2.17. The van der Waals surface area contributed by atoms with Gasteiger partial charge in [0.05, 0.1) is 5.02 Å². The van der Waals surface area contributed by atoms with Crippen LogP contribution in [-0.4, -0.2) is 17.2 Å². The number of rotatable bonds is 1. The van der Waals surface area contributed by atoms with E-state index >= 15 is 0 Å². The van der Waals surface area contributed by atoms with Crippen LogP contribution in [0.5, 0.6) is 0 Å². The second-order valence-electron chi connectivity index (χ2n) is 2.52. The van der Waals surface area contributed by atoms with Gasteiger partial charge in [0, 0.05) is 9.94 Å². The number of hydrogen-bond acceptors (Lipinski definition) is 2. The average Bonchev–Trinajstić information content (AvgIpc) is 1.96. The topological polar surface area (TPSA) is 40.5 Å². The third-order valence-electron chi connectivity index (χ3n) is 1.48. The van der Waals surface area contributed by atoms with Gasteiger partial charge >= 0.3 is 7.12 Å². The standard InChI is InChI=1S/C7H7BBrClO2/c1-4-2-5(8(11)12)7(10)6(9)3-4/h2-3,11-12H,1H3. The van der Waals surface area contributed by atoms with Gasteiger partial charge in [0.25, 0.3) is 0 Å². The highest BCUT2D eigenvalue weighted by molar-refractivity contribution is 9.10. The van der Waals surface area contributed by atoms with Crippen molar-refractivity contribution in [2.45, 2.75) is 6.92 Å². The molecule has 0 spiro atoms. The number of benzene rings is 1. The maximum absolute atomic E-state index is 8.90. The summed E-state index contributed by atoms with van der Waals surface area (Å²) >= 11 is 9.00. The van der Waals surface area contributed by atoms with E-state index in [4.69, 9.17) is 21.6 Å². The van der Waals surface area contributed by atoms with Gasteiger partial charge in [-0.2, -0.15) is 0 Å². The Balaban J connectivity index is 3.28. The number of aryl methyl sites for hydroxylation is 1. The lowest BCUT2D eigenvalue weighted by Gasteiger charge is -2.05. The molecular formula is C7H7BBrClO2. The highest BCUT2D eigenvalue weighted by atomic mass is 79.9. The van der Waals surface area contributed by atoms with Crippen LogP contribution in [0.2, 0.25) is 5.02 Å². The number of halogens is 2. The molecule has 0 aliphatic carbocycles. The van der Waals surface area contributed by atoms with Crippen LogP contribution in [0.25, 0.3) is 0 Å². The van der Waals surface area contributed by atoms with Crippen LogP contribution in [0, 0.1) is 6.92 Å². The Kier molecular flexibility index (Phi) is 3.18. The minimum atomic E-state index is -1.52. The fraction of sp³-hybridized carbons (Fsp3) is 0.143. The van der Waals surface area contributed by atoms with E-state index < -0.39 is 7.12 Å². The van der Waals surface area contributed by atoms with Crippen LogP contribution in [0.1, 0.15) is 5.56 Å². The summed E-state index contributed by atoms with van der Waals surface area (Å²) in [5, 5.41) is 18.2. The van der Waals surface area contributed by atoms with Crippen molar-refractivity contribution in [1.29, 1.82) is 0 Å². The smallest absolute Gasteiger partial charge is 0.423 e. The zero-order valence-electron chi connectivity index (χ0n) is 6.38. The SMILES string of the molecule is Cc1cc(Br)c(Cl)c(B(O)O)c1. The molecule has 0 unspecified atom stereocenters. The molecular weight excluding hydrogens is 242 g/mol. The lowest BCUT2D eigenvalue weighted by atomic mass is 9.79. The summed E-state index contributed by atoms with van der Waals surface area (Å²) in [7, 11) is -1.52. The monoisotopic (exact) mass is 248 g/mol. The minimum Gasteiger partial charge on any atom is -0.423 e. The van der Waals surface area contributed by atoms with Crippen LogP contribution in [0.3, 0.4) is 0 Å². The van der Waals surface area contributed by atoms with Gasteiger partial charge in [-0.25, -0.2) is 0 Å². The Morgan fingerprint density at radius 1 is 1.42 bits per heavy atom. The maximum atomic E-state index is 8.90. The van der Waals surface area contributed by atoms with Crippen molar-refractivity contribution < 1.29 is 10.0 Å². The van der Waals surface area contributed by atoms with Crippen LogP contribution < -0.4 is 5.46 Å². The Morgan fingerprint density at radius 3 is 2.50 bits per heavy atom. The van der Waals surface area contributed by atoms with Crippen molar-refractivity contribution in [1.82, 2.24) is 0 Å². The molecule has 0 aliphatic heterocycles. The first-order chi connectivity index (χ1) is 5.52. The molecule has 5 heteroatoms. The van der Waals surface area contributed by atoms with Crippen LogP contribution >= 0.6 is 27.5 Å². The molecule has 12 heavy (non-hydrogen) atoms. The van der Waals surface area contributed by atoms with Crippen molar-refractivity contribution in [2.24, 2.45) is 0 Å². The summed E-state index contributed by atoms with van der Waals surface area (Å²) in [4.78, 5) is 0. The Labute approximate surface area is 84.4 Å². The average molecular weight is 249 g/mol. The fourth-order valence-electron chi connectivity index (χ4n) is 0.939. The predicted molar refractivity (Wildman–Crippen MR) is 53.7 cm³/mol. The van der Waals surface area contributed by atoms with E-state index in [0.717, 1.165) is 5.56 Å². The largest absolute Gasteiger partial charge is 0.490 e. The van der Waals surface area contributed by atoms with Crippen molar-refractivity contribution >= 4 is 40.1 Å². The Bertz CT molecular complexity index is 304. The van der Waals surface area contributed by atoms with Gasteiger partial charge in [-0.15, -0.1) is 0 Å². The maximum Gasteiger partial charge on any atom is 0.490 e. The molecule has 2 N–H and O–H groups in total. The second-order valence-corrected chi connectivity index (χ2v) is 3.76. The molecule has 0 saturated carbocycles. The van der Waals surface area contributed by atoms with Gasteiger partial charge in [0.2, 0.25) is 0 Å². The quantitative estimate of drug-likeness (QED) is 0.731. The van der Waals surface area contributed by atoms with E-state index in [-0.39, 0.29) is 0 Å². The van der Waals surface area contributed by atoms with Crippen LogP contribution in [0.15, 0.2) is 16.6 Å². The molecule has 0 saturated heterocycles.